The largest absolute Gasteiger partial charge is 0.384 e. The lowest BCUT2D eigenvalue weighted by molar-refractivity contribution is -0.136. The molecule has 0 aliphatic carbocycles. The molecule has 0 spiro atoms. The number of aliphatic imine (C=N–C) groups is 1. The van der Waals surface area contributed by atoms with Crippen molar-refractivity contribution in [3.8, 4) is 0 Å². The molecule has 2 aromatic rings. The lowest BCUT2D eigenvalue weighted by Crippen LogP contribution is -2.50. The fourth-order valence-corrected chi connectivity index (χ4v) is 5.39. The van der Waals surface area contributed by atoms with E-state index in [0.29, 0.717) is 28.5 Å². The SMILES string of the molecule is C=NO/C(=N\Cn1nc(C(C)(C)O)c2cccc(F)c21)C1CCN(C2CCN(C(=O)COC)CC2)CC1. The van der Waals surface area contributed by atoms with Crippen molar-refractivity contribution in [2.75, 3.05) is 39.9 Å². The molecule has 10 nitrogen and oxygen atoms in total. The van der Waals surface area contributed by atoms with Gasteiger partial charge in [-0.05, 0) is 58.7 Å². The van der Waals surface area contributed by atoms with Crippen LogP contribution in [-0.4, -0.2) is 89.1 Å². The zero-order chi connectivity index (χ0) is 26.6. The Hall–Kier alpha value is -2.89. The monoisotopic (exact) mass is 516 g/mol. The van der Waals surface area contributed by atoms with Crippen molar-refractivity contribution in [1.29, 1.82) is 0 Å². The van der Waals surface area contributed by atoms with Gasteiger partial charge in [0.1, 0.15) is 35.9 Å². The molecule has 0 saturated carbocycles. The zero-order valence-corrected chi connectivity index (χ0v) is 21.9. The number of ether oxygens (including phenoxy) is 1. The van der Waals surface area contributed by atoms with Gasteiger partial charge in [-0.25, -0.2) is 14.1 Å². The fourth-order valence-electron chi connectivity index (χ4n) is 5.39. The standard InChI is InChI=1S/C26H37FN6O4/c1-26(2,35)24-20-6-5-7-21(27)23(20)33(30-24)17-29-25(37-28-3)18-8-12-31(13-9-18)19-10-14-32(15-11-19)22(34)16-36-4/h5-7,18-19,35H,3,8-17H2,1-2,4H3/b29-25-. The Morgan fingerprint density at radius 2 is 1.92 bits per heavy atom. The summed E-state index contributed by atoms with van der Waals surface area (Å²) in [5.41, 5.74) is -0.549. The number of aliphatic hydroxyl groups is 1. The number of methoxy groups -OCH3 is 1. The molecule has 1 N–H and O–H groups in total. The Balaban J connectivity index is 1.41. The van der Waals surface area contributed by atoms with Gasteiger partial charge in [-0.3, -0.25) is 4.79 Å². The molecule has 2 fully saturated rings. The van der Waals surface area contributed by atoms with E-state index in [1.807, 2.05) is 4.90 Å². The molecule has 202 valence electrons. The summed E-state index contributed by atoms with van der Waals surface area (Å²) in [6.45, 7) is 10.2. The third-order valence-corrected chi connectivity index (χ3v) is 7.30. The molecule has 0 atom stereocenters. The maximum absolute atomic E-state index is 14.7. The van der Waals surface area contributed by atoms with E-state index in [9.17, 15) is 14.3 Å². The molecular weight excluding hydrogens is 479 g/mol. The van der Waals surface area contributed by atoms with E-state index in [1.165, 1.54) is 10.7 Å². The van der Waals surface area contributed by atoms with Gasteiger partial charge in [0, 0.05) is 44.3 Å². The first-order chi connectivity index (χ1) is 17.7. The lowest BCUT2D eigenvalue weighted by atomic mass is 9.93. The molecule has 0 bridgehead atoms. The van der Waals surface area contributed by atoms with Crippen LogP contribution in [0.2, 0.25) is 0 Å². The number of hydrogen-bond donors (Lipinski definition) is 1. The van der Waals surface area contributed by atoms with Crippen LogP contribution in [0.4, 0.5) is 4.39 Å². The highest BCUT2D eigenvalue weighted by atomic mass is 19.1. The summed E-state index contributed by atoms with van der Waals surface area (Å²) >= 11 is 0. The Kier molecular flexibility index (Phi) is 8.56. The number of para-hydroxylation sites is 1. The number of aromatic nitrogens is 2. The third-order valence-electron chi connectivity index (χ3n) is 7.30. The topological polar surface area (TPSA) is 105 Å². The van der Waals surface area contributed by atoms with E-state index in [4.69, 9.17) is 9.57 Å². The van der Waals surface area contributed by atoms with Crippen molar-refractivity contribution < 1.29 is 23.9 Å². The number of nitrogens with zero attached hydrogens (tertiary/aromatic N) is 6. The van der Waals surface area contributed by atoms with E-state index in [2.05, 4.69) is 26.9 Å². The van der Waals surface area contributed by atoms with Gasteiger partial charge in [0.25, 0.3) is 0 Å². The molecule has 11 heteroatoms. The minimum Gasteiger partial charge on any atom is -0.384 e. The maximum Gasteiger partial charge on any atom is 0.248 e. The highest BCUT2D eigenvalue weighted by molar-refractivity contribution is 5.83. The van der Waals surface area contributed by atoms with Crippen LogP contribution < -0.4 is 0 Å². The second kappa shape index (κ2) is 11.7. The second-order valence-corrected chi connectivity index (χ2v) is 10.3. The van der Waals surface area contributed by atoms with E-state index in [-0.39, 0.29) is 25.1 Å². The molecule has 2 aliphatic heterocycles. The first kappa shape index (κ1) is 27.2. The summed E-state index contributed by atoms with van der Waals surface area (Å²) < 4.78 is 21.1. The summed E-state index contributed by atoms with van der Waals surface area (Å²) in [6, 6.07) is 5.17. The number of carbonyl (C=O) groups excluding carboxylic acids is 1. The minimum atomic E-state index is -1.23. The molecule has 1 aromatic heterocycles. The van der Waals surface area contributed by atoms with Crippen LogP contribution in [0.1, 0.15) is 45.2 Å². The van der Waals surface area contributed by atoms with E-state index < -0.39 is 11.4 Å². The van der Waals surface area contributed by atoms with Crippen molar-refractivity contribution in [1.82, 2.24) is 19.6 Å². The van der Waals surface area contributed by atoms with Gasteiger partial charge in [-0.15, -0.1) is 0 Å². The lowest BCUT2D eigenvalue weighted by Gasteiger charge is -2.41. The number of benzene rings is 1. The quantitative estimate of drug-likeness (QED) is 0.329. The number of halogens is 1. The molecule has 1 amide bonds. The maximum atomic E-state index is 14.7. The summed E-state index contributed by atoms with van der Waals surface area (Å²) in [5.74, 6) is 0.141. The van der Waals surface area contributed by atoms with Crippen LogP contribution in [0.25, 0.3) is 10.9 Å². The van der Waals surface area contributed by atoms with Gasteiger partial charge < -0.3 is 24.5 Å². The summed E-state index contributed by atoms with van der Waals surface area (Å²) in [7, 11) is 1.54. The van der Waals surface area contributed by atoms with Gasteiger partial charge in [-0.1, -0.05) is 17.3 Å². The molecule has 0 unspecified atom stereocenters. The Bertz CT molecular complexity index is 1130. The number of likely N-dealkylation sites (tertiary alicyclic amines) is 2. The number of oxime groups is 1. The van der Waals surface area contributed by atoms with E-state index >= 15 is 0 Å². The zero-order valence-electron chi connectivity index (χ0n) is 21.9. The highest BCUT2D eigenvalue weighted by Gasteiger charge is 2.32. The Labute approximate surface area is 216 Å². The molecular formula is C26H37FN6O4. The van der Waals surface area contributed by atoms with Crippen LogP contribution >= 0.6 is 0 Å². The average Bonchev–Trinajstić information content (AvgIpc) is 3.27. The normalized spacial score (nSPS) is 18.9. The first-order valence-electron chi connectivity index (χ1n) is 12.8. The number of amides is 1. The highest BCUT2D eigenvalue weighted by Crippen LogP contribution is 2.30. The number of rotatable bonds is 8. The van der Waals surface area contributed by atoms with Crippen LogP contribution in [0.5, 0.6) is 0 Å². The minimum absolute atomic E-state index is 0.0343. The molecule has 4 rings (SSSR count). The van der Waals surface area contributed by atoms with Crippen molar-refractivity contribution in [2.24, 2.45) is 16.1 Å². The van der Waals surface area contributed by atoms with Gasteiger partial charge in [0.15, 0.2) is 0 Å². The Morgan fingerprint density at radius 3 is 2.54 bits per heavy atom. The van der Waals surface area contributed by atoms with Crippen molar-refractivity contribution in [3.05, 3.63) is 29.7 Å². The number of hydrogen-bond acceptors (Lipinski definition) is 8. The number of piperidine rings is 2. The van der Waals surface area contributed by atoms with Crippen LogP contribution in [0, 0.1) is 11.7 Å². The van der Waals surface area contributed by atoms with Crippen LogP contribution in [0.15, 0.2) is 28.3 Å². The van der Waals surface area contributed by atoms with Crippen LogP contribution in [0.3, 0.4) is 0 Å². The summed E-state index contributed by atoms with van der Waals surface area (Å²) in [4.78, 5) is 26.5. The van der Waals surface area contributed by atoms with Gasteiger partial charge in [-0.2, -0.15) is 5.10 Å². The van der Waals surface area contributed by atoms with Crippen LogP contribution in [-0.2, 0) is 26.6 Å². The smallest absolute Gasteiger partial charge is 0.248 e. The van der Waals surface area contributed by atoms with E-state index in [0.717, 1.165) is 51.9 Å². The Morgan fingerprint density at radius 1 is 1.22 bits per heavy atom. The molecule has 2 saturated heterocycles. The second-order valence-electron chi connectivity index (χ2n) is 10.3. The van der Waals surface area contributed by atoms with Gasteiger partial charge >= 0.3 is 0 Å². The molecule has 37 heavy (non-hydrogen) atoms. The molecule has 1 aromatic carbocycles. The third kappa shape index (κ3) is 6.16. The molecule has 3 heterocycles. The molecule has 0 radical (unpaired) electrons. The average molecular weight is 517 g/mol. The number of carbonyl (C=O) groups is 1. The first-order valence-corrected chi connectivity index (χ1v) is 12.8. The summed E-state index contributed by atoms with van der Waals surface area (Å²) in [5, 5.41) is 19.2. The molecule has 2 aliphatic rings. The number of fused-ring (bicyclic) bond motifs is 1. The van der Waals surface area contributed by atoms with E-state index in [1.54, 1.807) is 33.1 Å². The fraction of sp³-hybridized carbons (Fsp3) is 0.615. The van der Waals surface area contributed by atoms with Crippen molar-refractivity contribution in [3.63, 3.8) is 0 Å². The van der Waals surface area contributed by atoms with Gasteiger partial charge in [0.05, 0.1) is 0 Å². The summed E-state index contributed by atoms with van der Waals surface area (Å²) in [6.07, 6.45) is 3.60. The predicted molar refractivity (Wildman–Crippen MR) is 139 cm³/mol. The van der Waals surface area contributed by atoms with Crippen molar-refractivity contribution in [2.45, 2.75) is 57.8 Å². The van der Waals surface area contributed by atoms with Gasteiger partial charge in [0.2, 0.25) is 11.8 Å². The predicted octanol–water partition coefficient (Wildman–Crippen LogP) is 2.74. The van der Waals surface area contributed by atoms with Crippen molar-refractivity contribution >= 4 is 29.4 Å².